The Morgan fingerprint density at radius 2 is 1.62 bits per heavy atom. The summed E-state index contributed by atoms with van der Waals surface area (Å²) in [5.74, 6) is 0. The Kier molecular flexibility index (Phi) is 6.04. The van der Waals surface area contributed by atoms with Gasteiger partial charge in [0, 0.05) is 0 Å². The SMILES string of the molecule is O=S(=O)(O)[CH](O)[AlH2].[MgH2]. The lowest BCUT2D eigenvalue weighted by atomic mass is 11.7. The Morgan fingerprint density at radius 3 is 1.62 bits per heavy atom. The highest BCUT2D eigenvalue weighted by Gasteiger charge is 2.10. The molecule has 0 aromatic rings. The minimum absolute atomic E-state index is 0. The van der Waals surface area contributed by atoms with E-state index in [1.807, 2.05) is 0 Å². The first-order chi connectivity index (χ1) is 2.94. The molecule has 0 aliphatic carbocycles. The fourth-order valence-corrected chi connectivity index (χ4v) is 0. The van der Waals surface area contributed by atoms with Crippen LogP contribution < -0.4 is 0 Å². The highest BCUT2D eigenvalue weighted by atomic mass is 32.2. The molecule has 0 rings (SSSR count). The third kappa shape index (κ3) is 5.31. The Hall–Kier alpha value is 1.17. The molecule has 2 N–H and O–H groups in total. The van der Waals surface area contributed by atoms with Gasteiger partial charge in [-0.15, -0.1) is 0 Å². The molecular formula is CH7AlMgO4S. The van der Waals surface area contributed by atoms with Gasteiger partial charge in [-0.2, -0.15) is 8.42 Å². The third-order valence-corrected chi connectivity index (χ3v) is 3.08. The maximum absolute atomic E-state index is 9.67. The van der Waals surface area contributed by atoms with Crippen LogP contribution in [0.4, 0.5) is 0 Å². The maximum Gasteiger partial charge on any atom is 0.316 e. The van der Waals surface area contributed by atoms with Crippen LogP contribution in [-0.2, 0) is 10.1 Å². The molecule has 0 radical (unpaired) electrons. The molecule has 0 fully saturated rings. The van der Waals surface area contributed by atoms with Crippen molar-refractivity contribution in [2.75, 3.05) is 0 Å². The van der Waals surface area contributed by atoms with Gasteiger partial charge in [0.2, 0.25) is 0 Å². The summed E-state index contributed by atoms with van der Waals surface area (Å²) < 4.78 is 25.7. The minimum Gasteiger partial charge on any atom is -0.392 e. The minimum atomic E-state index is -4.12. The second-order valence-electron chi connectivity index (χ2n) is 1.11. The first kappa shape index (κ1) is 11.9. The summed E-state index contributed by atoms with van der Waals surface area (Å²) in [6.45, 7) is 0. The summed E-state index contributed by atoms with van der Waals surface area (Å²) >= 11 is 0.0455. The highest BCUT2D eigenvalue weighted by Crippen LogP contribution is 1.83. The van der Waals surface area contributed by atoms with E-state index in [4.69, 9.17) is 9.66 Å². The summed E-state index contributed by atoms with van der Waals surface area (Å²) in [7, 11) is -4.12. The zero-order chi connectivity index (χ0) is 6.08. The molecule has 0 saturated carbocycles. The summed E-state index contributed by atoms with van der Waals surface area (Å²) in [5.41, 5.74) is 0. The summed E-state index contributed by atoms with van der Waals surface area (Å²) in [4.78, 5) is 0. The molecule has 0 heterocycles. The van der Waals surface area contributed by atoms with Gasteiger partial charge in [-0.25, -0.2) is 0 Å². The highest BCUT2D eigenvalue weighted by molar-refractivity contribution is 7.87. The Morgan fingerprint density at radius 1 is 1.50 bits per heavy atom. The first-order valence-corrected chi connectivity index (χ1v) is 4.25. The van der Waals surface area contributed by atoms with E-state index in [9.17, 15) is 8.42 Å². The van der Waals surface area contributed by atoms with Crippen molar-refractivity contribution in [2.45, 2.75) is 4.30 Å². The molecule has 0 aliphatic rings. The van der Waals surface area contributed by atoms with Gasteiger partial charge in [0.15, 0.2) is 0 Å². The van der Waals surface area contributed by atoms with Gasteiger partial charge >= 0.3 is 23.1 Å². The summed E-state index contributed by atoms with van der Waals surface area (Å²) in [6, 6.07) is 0. The van der Waals surface area contributed by atoms with Crippen LogP contribution in [0.15, 0.2) is 0 Å². The number of hydrogen-bond donors (Lipinski definition) is 2. The molecule has 0 aliphatic heterocycles. The molecule has 0 aromatic carbocycles. The van der Waals surface area contributed by atoms with Gasteiger partial charge in [0.1, 0.15) is 4.30 Å². The van der Waals surface area contributed by atoms with E-state index in [-0.39, 0.29) is 39.3 Å². The quantitative estimate of drug-likeness (QED) is 0.319. The topological polar surface area (TPSA) is 74.6 Å². The van der Waals surface area contributed by atoms with Gasteiger partial charge in [0.05, 0.1) is 0 Å². The standard InChI is InChI=1S/CH3O4S.Al.Mg.4H/c2-1-6(3,4)5;;;;;;/h1-2H,(H,3,4,5);;;;;;. The normalized spacial score (nSPS) is 14.2. The van der Waals surface area contributed by atoms with Crippen molar-refractivity contribution in [3.05, 3.63) is 0 Å². The Labute approximate surface area is 71.6 Å². The third-order valence-electron chi connectivity index (χ3n) is 0.431. The van der Waals surface area contributed by atoms with E-state index in [1.165, 1.54) is 0 Å². The van der Waals surface area contributed by atoms with Crippen molar-refractivity contribution in [1.82, 2.24) is 0 Å². The average molecular weight is 166 g/mol. The molecule has 4 nitrogen and oxygen atoms in total. The number of rotatable bonds is 1. The summed E-state index contributed by atoms with van der Waals surface area (Å²) in [5, 5.41) is 8.11. The van der Waals surface area contributed by atoms with E-state index in [0.717, 1.165) is 0 Å². The van der Waals surface area contributed by atoms with E-state index in [0.29, 0.717) is 0 Å². The lowest BCUT2D eigenvalue weighted by molar-refractivity contribution is 0.302. The van der Waals surface area contributed by atoms with Crippen LogP contribution in [0.2, 0.25) is 0 Å². The molecular weight excluding hydrogens is 159 g/mol. The van der Waals surface area contributed by atoms with Gasteiger partial charge in [-0.1, -0.05) is 0 Å². The second kappa shape index (κ2) is 4.06. The Balaban J connectivity index is 0. The predicted octanol–water partition coefficient (Wildman–Crippen LogP) is -3.13. The number of aliphatic hydroxyl groups is 1. The van der Waals surface area contributed by atoms with Crippen LogP contribution in [0.1, 0.15) is 0 Å². The molecule has 0 spiro atoms. The molecule has 1 atom stereocenters. The van der Waals surface area contributed by atoms with Gasteiger partial charge < -0.3 is 5.11 Å². The lowest BCUT2D eigenvalue weighted by Gasteiger charge is -1.94. The van der Waals surface area contributed by atoms with E-state index in [1.54, 1.807) is 0 Å². The monoisotopic (exact) mass is 166 g/mol. The van der Waals surface area contributed by atoms with Crippen LogP contribution >= 0.6 is 0 Å². The van der Waals surface area contributed by atoms with Gasteiger partial charge in [-0.05, 0) is 0 Å². The zero-order valence-corrected chi connectivity index (χ0v) is 6.51. The van der Waals surface area contributed by atoms with E-state index >= 15 is 0 Å². The van der Waals surface area contributed by atoms with Crippen molar-refractivity contribution in [3.8, 4) is 0 Å². The molecule has 0 amide bonds. The van der Waals surface area contributed by atoms with Crippen molar-refractivity contribution < 1.29 is 18.1 Å². The number of aliphatic hydroxyl groups excluding tert-OH is 1. The molecule has 0 aromatic heterocycles. The smallest absolute Gasteiger partial charge is 0.316 e. The van der Waals surface area contributed by atoms with Gasteiger partial charge in [0.25, 0.3) is 26.4 Å². The van der Waals surface area contributed by atoms with Crippen molar-refractivity contribution in [1.29, 1.82) is 0 Å². The largest absolute Gasteiger partial charge is 0.392 e. The van der Waals surface area contributed by atoms with Crippen LogP contribution in [0.3, 0.4) is 0 Å². The first-order valence-electron chi connectivity index (χ1n) is 1.59. The van der Waals surface area contributed by atoms with Crippen LogP contribution in [-0.4, -0.2) is 61.7 Å². The molecule has 46 valence electrons. The van der Waals surface area contributed by atoms with Gasteiger partial charge in [-0.3, -0.25) is 4.55 Å². The molecule has 0 bridgehead atoms. The fourth-order valence-electron chi connectivity index (χ4n) is 0. The molecule has 1 unspecified atom stereocenters. The van der Waals surface area contributed by atoms with Crippen LogP contribution in [0, 0.1) is 0 Å². The summed E-state index contributed by atoms with van der Waals surface area (Å²) in [6.07, 6.45) is 0. The molecule has 8 heavy (non-hydrogen) atoms. The average Bonchev–Trinajstić information content (AvgIpc) is 1.31. The van der Waals surface area contributed by atoms with Crippen molar-refractivity contribution in [2.24, 2.45) is 0 Å². The van der Waals surface area contributed by atoms with Crippen LogP contribution in [0.25, 0.3) is 0 Å². The predicted molar refractivity (Wildman–Crippen MR) is 34.6 cm³/mol. The zero-order valence-electron chi connectivity index (χ0n) is 3.70. The van der Waals surface area contributed by atoms with Crippen LogP contribution in [0.5, 0.6) is 0 Å². The molecule has 7 heteroatoms. The maximum atomic E-state index is 9.67. The van der Waals surface area contributed by atoms with Crippen molar-refractivity contribution >= 4 is 49.5 Å². The number of hydrogen-bond acceptors (Lipinski definition) is 3. The van der Waals surface area contributed by atoms with Crippen molar-refractivity contribution in [3.63, 3.8) is 0 Å². The van der Waals surface area contributed by atoms with E-state index < -0.39 is 14.4 Å². The Bertz CT molecular complexity index is 138. The molecule has 0 saturated heterocycles. The van der Waals surface area contributed by atoms with E-state index in [2.05, 4.69) is 0 Å². The second-order valence-corrected chi connectivity index (χ2v) is 4.76. The fraction of sp³-hybridized carbons (Fsp3) is 1.00. The lowest BCUT2D eigenvalue weighted by Crippen LogP contribution is -2.18.